The van der Waals surface area contributed by atoms with Crippen molar-refractivity contribution in [3.8, 4) is 5.75 Å². The third kappa shape index (κ3) is 3.44. The third-order valence-corrected chi connectivity index (χ3v) is 4.85. The van der Waals surface area contributed by atoms with Crippen molar-refractivity contribution in [2.45, 2.75) is 33.2 Å². The number of benzene rings is 1. The lowest BCUT2D eigenvalue weighted by Crippen LogP contribution is -2.50. The van der Waals surface area contributed by atoms with Gasteiger partial charge in [0, 0.05) is 5.69 Å². The second-order valence-electron chi connectivity index (χ2n) is 6.14. The fourth-order valence-corrected chi connectivity index (χ4v) is 3.27. The molecule has 1 unspecified atom stereocenters. The molecule has 1 aliphatic heterocycles. The van der Waals surface area contributed by atoms with E-state index >= 15 is 0 Å². The smallest absolute Gasteiger partial charge is 0.266 e. The highest BCUT2D eigenvalue weighted by Gasteiger charge is 2.34. The molecule has 1 aromatic carbocycles. The van der Waals surface area contributed by atoms with E-state index in [-0.39, 0.29) is 18.4 Å². The molecular formula is C19H20BrN3O3. The second kappa shape index (κ2) is 7.45. The van der Waals surface area contributed by atoms with E-state index in [9.17, 15) is 9.59 Å². The van der Waals surface area contributed by atoms with Gasteiger partial charge < -0.3 is 10.1 Å². The maximum atomic E-state index is 12.9. The van der Waals surface area contributed by atoms with E-state index in [1.807, 2.05) is 32.0 Å². The molecule has 26 heavy (non-hydrogen) atoms. The van der Waals surface area contributed by atoms with E-state index in [2.05, 4.69) is 26.2 Å². The predicted octanol–water partition coefficient (Wildman–Crippen LogP) is 3.47. The molecule has 1 aliphatic rings. The molecule has 0 radical (unpaired) electrons. The van der Waals surface area contributed by atoms with Crippen molar-refractivity contribution in [2.75, 3.05) is 16.8 Å². The first kappa shape index (κ1) is 18.4. The maximum Gasteiger partial charge on any atom is 0.266 e. The average molecular weight is 418 g/mol. The molecule has 2 heterocycles. The van der Waals surface area contributed by atoms with Crippen LogP contribution in [0.2, 0.25) is 0 Å². The molecule has 0 spiro atoms. The Morgan fingerprint density at radius 3 is 2.88 bits per heavy atom. The van der Waals surface area contributed by atoms with Crippen LogP contribution in [0.3, 0.4) is 0 Å². The minimum atomic E-state index is -0.726. The molecular weight excluding hydrogens is 398 g/mol. The highest BCUT2D eigenvalue weighted by Crippen LogP contribution is 2.33. The second-order valence-corrected chi connectivity index (χ2v) is 6.95. The van der Waals surface area contributed by atoms with Gasteiger partial charge in [-0.2, -0.15) is 0 Å². The van der Waals surface area contributed by atoms with Crippen molar-refractivity contribution in [3.63, 3.8) is 0 Å². The highest BCUT2D eigenvalue weighted by atomic mass is 79.9. The van der Waals surface area contributed by atoms with Crippen molar-refractivity contribution in [1.29, 1.82) is 0 Å². The lowest BCUT2D eigenvalue weighted by Gasteiger charge is -2.32. The van der Waals surface area contributed by atoms with Crippen LogP contribution in [0.15, 0.2) is 34.9 Å². The Labute approximate surface area is 160 Å². The molecule has 6 nitrogen and oxygen atoms in total. The lowest BCUT2D eigenvalue weighted by atomic mass is 10.1. The van der Waals surface area contributed by atoms with Gasteiger partial charge in [-0.1, -0.05) is 25.1 Å². The number of para-hydroxylation sites is 1. The van der Waals surface area contributed by atoms with Crippen LogP contribution < -0.4 is 15.0 Å². The van der Waals surface area contributed by atoms with Crippen LogP contribution >= 0.6 is 15.9 Å². The first-order valence-corrected chi connectivity index (χ1v) is 9.22. The van der Waals surface area contributed by atoms with Crippen LogP contribution in [0.4, 0.5) is 11.5 Å². The quantitative estimate of drug-likeness (QED) is 0.772. The first-order valence-electron chi connectivity index (χ1n) is 8.43. The number of fused-ring (bicyclic) bond motifs is 1. The van der Waals surface area contributed by atoms with E-state index in [0.717, 1.165) is 23.2 Å². The number of hydrogen-bond donors (Lipinski definition) is 1. The predicted molar refractivity (Wildman–Crippen MR) is 104 cm³/mol. The lowest BCUT2D eigenvalue weighted by molar-refractivity contribution is -0.125. The Balaban J connectivity index is 1.90. The van der Waals surface area contributed by atoms with E-state index < -0.39 is 6.04 Å². The van der Waals surface area contributed by atoms with Gasteiger partial charge >= 0.3 is 0 Å². The van der Waals surface area contributed by atoms with Crippen LogP contribution in [0, 0.1) is 6.92 Å². The molecule has 3 rings (SSSR count). The summed E-state index contributed by atoms with van der Waals surface area (Å²) in [7, 11) is 0. The molecule has 2 aromatic rings. The van der Waals surface area contributed by atoms with Crippen molar-refractivity contribution in [2.24, 2.45) is 0 Å². The molecule has 1 aromatic heterocycles. The maximum absolute atomic E-state index is 12.9. The van der Waals surface area contributed by atoms with Gasteiger partial charge in [0.2, 0.25) is 5.91 Å². The normalized spacial score (nSPS) is 14.5. The van der Waals surface area contributed by atoms with E-state index in [0.29, 0.717) is 16.2 Å². The fraction of sp³-hybridized carbons (Fsp3) is 0.316. The van der Waals surface area contributed by atoms with Gasteiger partial charge in [0.25, 0.3) is 5.91 Å². The van der Waals surface area contributed by atoms with E-state index in [4.69, 9.17) is 4.74 Å². The van der Waals surface area contributed by atoms with Gasteiger partial charge in [-0.3, -0.25) is 14.5 Å². The van der Waals surface area contributed by atoms with Gasteiger partial charge in [-0.05, 0) is 59.5 Å². The van der Waals surface area contributed by atoms with Gasteiger partial charge in [0.05, 0.1) is 0 Å². The monoisotopic (exact) mass is 417 g/mol. The summed E-state index contributed by atoms with van der Waals surface area (Å²) >= 11 is 3.30. The number of aryl methyl sites for hydroxylation is 2. The largest absolute Gasteiger partial charge is 0.480 e. The number of nitrogens with zero attached hydrogens (tertiary/aromatic N) is 2. The minimum Gasteiger partial charge on any atom is -0.480 e. The SMILES string of the molecule is CCc1cccc(C)c1NC(=O)C(C)N1C(=O)COc2ccc(Br)nc21. The molecule has 0 saturated heterocycles. The summed E-state index contributed by atoms with van der Waals surface area (Å²) in [6.45, 7) is 5.57. The fourth-order valence-electron chi connectivity index (χ4n) is 2.97. The number of pyridine rings is 1. The summed E-state index contributed by atoms with van der Waals surface area (Å²) in [5.74, 6) is 0.264. The number of amides is 2. The van der Waals surface area contributed by atoms with E-state index in [1.165, 1.54) is 4.90 Å². The zero-order valence-electron chi connectivity index (χ0n) is 14.9. The number of ether oxygens (including phenoxy) is 1. The van der Waals surface area contributed by atoms with Crippen LogP contribution in [0.5, 0.6) is 5.75 Å². The molecule has 0 saturated carbocycles. The molecule has 1 N–H and O–H groups in total. The number of hydrogen-bond acceptors (Lipinski definition) is 4. The third-order valence-electron chi connectivity index (χ3n) is 4.41. The topological polar surface area (TPSA) is 71.5 Å². The Bertz CT molecular complexity index is 869. The standard InChI is InChI=1S/C19H20BrN3O3/c1-4-13-7-5-6-11(2)17(13)22-19(25)12(3)23-16(24)10-26-14-8-9-15(20)21-18(14)23/h5-9,12H,4,10H2,1-3H3,(H,22,25). The first-order chi connectivity index (χ1) is 12.4. The Morgan fingerprint density at radius 1 is 1.38 bits per heavy atom. The van der Waals surface area contributed by atoms with Crippen molar-refractivity contribution in [3.05, 3.63) is 46.1 Å². The van der Waals surface area contributed by atoms with Gasteiger partial charge in [-0.25, -0.2) is 4.98 Å². The number of rotatable bonds is 4. The molecule has 136 valence electrons. The van der Waals surface area contributed by atoms with Crippen LogP contribution in [-0.2, 0) is 16.0 Å². The molecule has 1 atom stereocenters. The van der Waals surface area contributed by atoms with Crippen LogP contribution in [-0.4, -0.2) is 29.4 Å². The summed E-state index contributed by atoms with van der Waals surface area (Å²) < 4.78 is 5.99. The van der Waals surface area contributed by atoms with Crippen LogP contribution in [0.25, 0.3) is 0 Å². The van der Waals surface area contributed by atoms with Crippen molar-refractivity contribution in [1.82, 2.24) is 4.98 Å². The van der Waals surface area contributed by atoms with Gasteiger partial charge in [-0.15, -0.1) is 0 Å². The van der Waals surface area contributed by atoms with Gasteiger partial charge in [0.15, 0.2) is 18.2 Å². The number of carbonyl (C=O) groups excluding carboxylic acids is 2. The number of nitrogens with one attached hydrogen (secondary N) is 1. The Morgan fingerprint density at radius 2 is 2.15 bits per heavy atom. The number of anilines is 2. The molecule has 7 heteroatoms. The number of halogens is 1. The zero-order valence-corrected chi connectivity index (χ0v) is 16.5. The average Bonchev–Trinajstić information content (AvgIpc) is 2.62. The van der Waals surface area contributed by atoms with E-state index in [1.54, 1.807) is 19.1 Å². The minimum absolute atomic E-state index is 0.113. The summed E-state index contributed by atoms with van der Waals surface area (Å²) in [4.78, 5) is 31.0. The Hall–Kier alpha value is -2.41. The van der Waals surface area contributed by atoms with Gasteiger partial charge in [0.1, 0.15) is 10.6 Å². The molecule has 0 aliphatic carbocycles. The molecule has 0 bridgehead atoms. The van der Waals surface area contributed by atoms with Crippen molar-refractivity contribution >= 4 is 39.2 Å². The van der Waals surface area contributed by atoms with Crippen molar-refractivity contribution < 1.29 is 14.3 Å². The van der Waals surface area contributed by atoms with Crippen LogP contribution in [0.1, 0.15) is 25.0 Å². The zero-order chi connectivity index (χ0) is 18.8. The summed E-state index contributed by atoms with van der Waals surface area (Å²) in [5, 5.41) is 2.98. The summed E-state index contributed by atoms with van der Waals surface area (Å²) in [5.41, 5.74) is 2.84. The number of aromatic nitrogens is 1. The summed E-state index contributed by atoms with van der Waals surface area (Å²) in [6.07, 6.45) is 0.805. The Kier molecular flexibility index (Phi) is 5.27. The summed E-state index contributed by atoms with van der Waals surface area (Å²) in [6, 6.07) is 8.65. The highest BCUT2D eigenvalue weighted by molar-refractivity contribution is 9.10. The molecule has 0 fully saturated rings. The number of carbonyl (C=O) groups is 2. The molecule has 2 amide bonds.